The van der Waals surface area contributed by atoms with E-state index in [1.165, 1.54) is 26.2 Å². The maximum atomic E-state index is 13.2. The van der Waals surface area contributed by atoms with Gasteiger partial charge in [-0.3, -0.25) is 4.79 Å². The second-order valence-electron chi connectivity index (χ2n) is 4.76. The molecule has 0 spiro atoms. The summed E-state index contributed by atoms with van der Waals surface area (Å²) in [6.45, 7) is 1.47. The topological polar surface area (TPSA) is 52.6 Å². The smallest absolute Gasteiger partial charge is 0.340 e. The Bertz CT molecular complexity index is 728. The Kier molecular flexibility index (Phi) is 5.50. The largest absolute Gasteiger partial charge is 0.497 e. The molecule has 4 nitrogen and oxygen atoms in total. The average molecular weight is 381 g/mol. The first-order valence-corrected chi connectivity index (χ1v) is 7.56. The van der Waals surface area contributed by atoms with Crippen molar-refractivity contribution in [3.63, 3.8) is 0 Å². The highest BCUT2D eigenvalue weighted by Gasteiger charge is 2.22. The standard InChI is InChI=1S/C17H14BrFO4/c1-10(16(20)11-3-6-13(22-2)7-4-11)23-17(21)14-9-12(19)5-8-15(14)18/h3-10H,1-2H3/t10-/m1/s1. The molecular weight excluding hydrogens is 367 g/mol. The number of methoxy groups -OCH3 is 1. The van der Waals surface area contributed by atoms with Gasteiger partial charge in [-0.05, 0) is 65.3 Å². The van der Waals surface area contributed by atoms with Crippen LogP contribution in [-0.4, -0.2) is 25.0 Å². The van der Waals surface area contributed by atoms with Crippen molar-refractivity contribution >= 4 is 27.7 Å². The van der Waals surface area contributed by atoms with Crippen LogP contribution in [0.5, 0.6) is 5.75 Å². The highest BCUT2D eigenvalue weighted by Crippen LogP contribution is 2.20. The zero-order chi connectivity index (χ0) is 17.0. The summed E-state index contributed by atoms with van der Waals surface area (Å²) in [5.74, 6) is -1.07. The van der Waals surface area contributed by atoms with Crippen LogP contribution in [0.2, 0.25) is 0 Å². The fraction of sp³-hybridized carbons (Fsp3) is 0.176. The fourth-order valence-corrected chi connectivity index (χ4v) is 2.33. The summed E-state index contributed by atoms with van der Waals surface area (Å²) in [5.41, 5.74) is 0.420. The van der Waals surface area contributed by atoms with Gasteiger partial charge in [0.15, 0.2) is 6.10 Å². The van der Waals surface area contributed by atoms with Crippen LogP contribution in [0.3, 0.4) is 0 Å². The van der Waals surface area contributed by atoms with Crippen LogP contribution >= 0.6 is 15.9 Å². The van der Waals surface area contributed by atoms with E-state index in [0.717, 1.165) is 6.07 Å². The second kappa shape index (κ2) is 7.37. The molecule has 0 N–H and O–H groups in total. The number of carbonyl (C=O) groups excluding carboxylic acids is 2. The summed E-state index contributed by atoms with van der Waals surface area (Å²) >= 11 is 3.15. The summed E-state index contributed by atoms with van der Waals surface area (Å²) in [7, 11) is 1.53. The van der Waals surface area contributed by atoms with Crippen molar-refractivity contribution in [2.75, 3.05) is 7.11 Å². The van der Waals surface area contributed by atoms with Crippen LogP contribution in [0.15, 0.2) is 46.9 Å². The van der Waals surface area contributed by atoms with Gasteiger partial charge in [-0.1, -0.05) is 0 Å². The van der Waals surface area contributed by atoms with Crippen molar-refractivity contribution in [3.8, 4) is 5.75 Å². The van der Waals surface area contributed by atoms with Gasteiger partial charge in [-0.15, -0.1) is 0 Å². The quantitative estimate of drug-likeness (QED) is 0.580. The Balaban J connectivity index is 2.10. The normalized spacial score (nSPS) is 11.7. The monoisotopic (exact) mass is 380 g/mol. The van der Waals surface area contributed by atoms with E-state index in [1.807, 2.05) is 0 Å². The first kappa shape index (κ1) is 17.1. The number of rotatable bonds is 5. The third kappa shape index (κ3) is 4.16. The Morgan fingerprint density at radius 3 is 2.39 bits per heavy atom. The molecule has 0 heterocycles. The Labute approximate surface area is 141 Å². The molecule has 2 aromatic carbocycles. The SMILES string of the molecule is COc1ccc(C(=O)[C@@H](C)OC(=O)c2cc(F)ccc2Br)cc1. The highest BCUT2D eigenvalue weighted by molar-refractivity contribution is 9.10. The number of hydrogen-bond donors (Lipinski definition) is 0. The molecule has 0 aromatic heterocycles. The van der Waals surface area contributed by atoms with Crippen LogP contribution in [0.4, 0.5) is 4.39 Å². The minimum absolute atomic E-state index is 0.0272. The molecule has 2 rings (SSSR count). The summed E-state index contributed by atoms with van der Waals surface area (Å²) in [5, 5.41) is 0. The number of ketones is 1. The van der Waals surface area contributed by atoms with Gasteiger partial charge in [0.25, 0.3) is 0 Å². The maximum absolute atomic E-state index is 13.2. The van der Waals surface area contributed by atoms with E-state index in [1.54, 1.807) is 24.3 Å². The van der Waals surface area contributed by atoms with Crippen LogP contribution in [0.1, 0.15) is 27.6 Å². The van der Waals surface area contributed by atoms with Gasteiger partial charge >= 0.3 is 5.97 Å². The summed E-state index contributed by atoms with van der Waals surface area (Å²) in [6, 6.07) is 10.1. The molecule has 0 radical (unpaired) electrons. The third-order valence-electron chi connectivity index (χ3n) is 3.18. The summed E-state index contributed by atoms with van der Waals surface area (Å²) < 4.78 is 23.8. The zero-order valence-corrected chi connectivity index (χ0v) is 14.1. The maximum Gasteiger partial charge on any atom is 0.340 e. The molecule has 0 aliphatic carbocycles. The van der Waals surface area contributed by atoms with Crippen molar-refractivity contribution in [3.05, 3.63) is 63.9 Å². The lowest BCUT2D eigenvalue weighted by Crippen LogP contribution is -2.24. The third-order valence-corrected chi connectivity index (χ3v) is 3.87. The van der Waals surface area contributed by atoms with Crippen molar-refractivity contribution in [1.29, 1.82) is 0 Å². The van der Waals surface area contributed by atoms with Gasteiger partial charge in [0.2, 0.25) is 5.78 Å². The Morgan fingerprint density at radius 2 is 1.78 bits per heavy atom. The molecule has 1 atom stereocenters. The van der Waals surface area contributed by atoms with Crippen LogP contribution in [0.25, 0.3) is 0 Å². The summed E-state index contributed by atoms with van der Waals surface area (Å²) in [4.78, 5) is 24.3. The van der Waals surface area contributed by atoms with Crippen molar-refractivity contribution in [1.82, 2.24) is 0 Å². The van der Waals surface area contributed by atoms with E-state index in [4.69, 9.17) is 9.47 Å². The number of Topliss-reactive ketones (excluding diaryl/α,β-unsaturated/α-hetero) is 1. The molecule has 0 saturated heterocycles. The van der Waals surface area contributed by atoms with E-state index in [9.17, 15) is 14.0 Å². The molecule has 0 bridgehead atoms. The van der Waals surface area contributed by atoms with Gasteiger partial charge in [-0.25, -0.2) is 9.18 Å². The highest BCUT2D eigenvalue weighted by atomic mass is 79.9. The predicted octanol–water partition coefficient (Wildman–Crippen LogP) is 4.03. The van der Waals surface area contributed by atoms with Crippen molar-refractivity contribution in [2.24, 2.45) is 0 Å². The van der Waals surface area contributed by atoms with Gasteiger partial charge in [-0.2, -0.15) is 0 Å². The molecule has 0 saturated carbocycles. The lowest BCUT2D eigenvalue weighted by molar-refractivity contribution is 0.0317. The molecular formula is C17H14BrFO4. The van der Waals surface area contributed by atoms with Crippen LogP contribution in [0, 0.1) is 5.82 Å². The second-order valence-corrected chi connectivity index (χ2v) is 5.62. The van der Waals surface area contributed by atoms with Crippen molar-refractivity contribution < 1.29 is 23.5 Å². The van der Waals surface area contributed by atoms with Crippen molar-refractivity contribution in [2.45, 2.75) is 13.0 Å². The molecule has 120 valence electrons. The first-order chi connectivity index (χ1) is 10.9. The fourth-order valence-electron chi connectivity index (χ4n) is 1.92. The predicted molar refractivity (Wildman–Crippen MR) is 86.3 cm³/mol. The summed E-state index contributed by atoms with van der Waals surface area (Å²) in [6.07, 6.45) is -0.994. The Morgan fingerprint density at radius 1 is 1.13 bits per heavy atom. The van der Waals surface area contributed by atoms with E-state index < -0.39 is 17.9 Å². The number of esters is 1. The van der Waals surface area contributed by atoms with E-state index in [2.05, 4.69) is 15.9 Å². The minimum Gasteiger partial charge on any atom is -0.497 e. The van der Waals surface area contributed by atoms with Gasteiger partial charge in [0.05, 0.1) is 12.7 Å². The Hall–Kier alpha value is -2.21. The van der Waals surface area contributed by atoms with E-state index in [-0.39, 0.29) is 11.3 Å². The minimum atomic E-state index is -0.994. The van der Waals surface area contributed by atoms with E-state index >= 15 is 0 Å². The van der Waals surface area contributed by atoms with Gasteiger partial charge < -0.3 is 9.47 Å². The van der Waals surface area contributed by atoms with Gasteiger partial charge in [0, 0.05) is 10.0 Å². The number of ether oxygens (including phenoxy) is 2. The van der Waals surface area contributed by atoms with Crippen LogP contribution in [-0.2, 0) is 4.74 Å². The average Bonchev–Trinajstić information content (AvgIpc) is 2.56. The molecule has 0 aliphatic rings. The zero-order valence-electron chi connectivity index (χ0n) is 12.5. The number of benzene rings is 2. The molecule has 6 heteroatoms. The molecule has 0 unspecified atom stereocenters. The van der Waals surface area contributed by atoms with E-state index in [0.29, 0.717) is 15.8 Å². The lowest BCUT2D eigenvalue weighted by atomic mass is 10.1. The molecule has 23 heavy (non-hydrogen) atoms. The van der Waals surface area contributed by atoms with Gasteiger partial charge in [0.1, 0.15) is 11.6 Å². The molecule has 0 fully saturated rings. The number of carbonyl (C=O) groups is 2. The number of hydrogen-bond acceptors (Lipinski definition) is 4. The molecule has 0 amide bonds. The molecule has 2 aromatic rings. The first-order valence-electron chi connectivity index (χ1n) is 6.76. The van der Waals surface area contributed by atoms with Crippen LogP contribution < -0.4 is 4.74 Å². The lowest BCUT2D eigenvalue weighted by Gasteiger charge is -2.13. The molecule has 0 aliphatic heterocycles. The number of halogens is 2.